The molecule has 0 amide bonds. The molecule has 0 radical (unpaired) electrons. The summed E-state index contributed by atoms with van der Waals surface area (Å²) in [5.74, 6) is 1.48. The summed E-state index contributed by atoms with van der Waals surface area (Å²) in [5, 5.41) is 5.10. The van der Waals surface area contributed by atoms with Crippen molar-refractivity contribution in [3.05, 3.63) is 47.4 Å². The van der Waals surface area contributed by atoms with Gasteiger partial charge >= 0.3 is 5.97 Å². The summed E-state index contributed by atoms with van der Waals surface area (Å²) < 4.78 is 11.5. The molecule has 4 heterocycles. The number of esters is 1. The molecule has 34 heavy (non-hydrogen) atoms. The molecule has 0 saturated heterocycles. The topological polar surface area (TPSA) is 112 Å². The molecule has 0 spiro atoms. The Bertz CT molecular complexity index is 1280. The summed E-state index contributed by atoms with van der Waals surface area (Å²) in [6, 6.07) is 5.49. The fraction of sp³-hybridized carbons (Fsp3) is 0.462. The van der Waals surface area contributed by atoms with Crippen molar-refractivity contribution >= 4 is 28.4 Å². The lowest BCUT2D eigenvalue weighted by Gasteiger charge is -2.36. The van der Waals surface area contributed by atoms with Crippen molar-refractivity contribution in [2.24, 2.45) is 5.73 Å². The van der Waals surface area contributed by atoms with E-state index in [4.69, 9.17) is 20.2 Å². The zero-order valence-electron chi connectivity index (χ0n) is 20.3. The van der Waals surface area contributed by atoms with Crippen molar-refractivity contribution in [3.63, 3.8) is 0 Å². The Kier molecular flexibility index (Phi) is 5.24. The monoisotopic (exact) mass is 461 g/mol. The number of aromatic nitrogens is 3. The molecule has 5 rings (SSSR count). The minimum Gasteiger partial charge on any atom is -0.474 e. The van der Waals surface area contributed by atoms with Gasteiger partial charge in [0.2, 0.25) is 5.88 Å². The van der Waals surface area contributed by atoms with Gasteiger partial charge in [0, 0.05) is 23.3 Å². The third-order valence-corrected chi connectivity index (χ3v) is 7.17. The van der Waals surface area contributed by atoms with E-state index in [1.807, 2.05) is 40.0 Å². The molecule has 2 atom stereocenters. The number of pyridine rings is 3. The maximum atomic E-state index is 12.3. The molecule has 1 aliphatic carbocycles. The van der Waals surface area contributed by atoms with Crippen LogP contribution >= 0.6 is 0 Å². The van der Waals surface area contributed by atoms with Crippen LogP contribution in [0.4, 0.5) is 11.6 Å². The number of carbonyl (C=O) groups excluding carboxylic acids is 1. The maximum absolute atomic E-state index is 12.3. The van der Waals surface area contributed by atoms with Gasteiger partial charge in [-0.05, 0) is 62.3 Å². The summed E-state index contributed by atoms with van der Waals surface area (Å²) in [7, 11) is 0. The predicted octanol–water partition coefficient (Wildman–Crippen LogP) is 4.73. The highest BCUT2D eigenvalue weighted by molar-refractivity contribution is 5.93. The molecule has 0 unspecified atom stereocenters. The Morgan fingerprint density at radius 3 is 2.68 bits per heavy atom. The molecular weight excluding hydrogens is 430 g/mol. The molecule has 2 aliphatic rings. The molecule has 3 aromatic heterocycles. The van der Waals surface area contributed by atoms with Gasteiger partial charge in [-0.2, -0.15) is 0 Å². The Labute approximate surface area is 199 Å². The van der Waals surface area contributed by atoms with Gasteiger partial charge < -0.3 is 20.5 Å². The van der Waals surface area contributed by atoms with Gasteiger partial charge in [-0.3, -0.25) is 0 Å². The number of cyclic esters (lactones) is 1. The number of nitrogens with zero attached hydrogens (tertiary/aromatic N) is 3. The molecule has 178 valence electrons. The van der Waals surface area contributed by atoms with Crippen LogP contribution in [-0.2, 0) is 15.7 Å². The average Bonchev–Trinajstić information content (AvgIpc) is 3.62. The van der Waals surface area contributed by atoms with E-state index in [0.29, 0.717) is 28.8 Å². The van der Waals surface area contributed by atoms with Crippen LogP contribution in [0.1, 0.15) is 75.5 Å². The normalized spacial score (nSPS) is 20.9. The van der Waals surface area contributed by atoms with E-state index in [1.54, 1.807) is 18.3 Å². The summed E-state index contributed by atoms with van der Waals surface area (Å²) >= 11 is 0. The lowest BCUT2D eigenvalue weighted by molar-refractivity contribution is 0.00864. The van der Waals surface area contributed by atoms with E-state index in [9.17, 15) is 4.79 Å². The zero-order chi connectivity index (χ0) is 24.3. The first-order valence-electron chi connectivity index (χ1n) is 11.8. The quantitative estimate of drug-likeness (QED) is 0.507. The summed E-state index contributed by atoms with van der Waals surface area (Å²) in [6.07, 6.45) is 6.41. The minimum absolute atomic E-state index is 0.229. The SMILES string of the molecule is CC[C@@](C)(N)c1cnc(OC2CC2)c2cnc(Nc3ccc4c(n3)C(C)(C)[C@@H](C)OC4=O)cc12. The Morgan fingerprint density at radius 1 is 1.21 bits per heavy atom. The first kappa shape index (κ1) is 22.5. The largest absolute Gasteiger partial charge is 0.474 e. The third-order valence-electron chi connectivity index (χ3n) is 7.17. The van der Waals surface area contributed by atoms with E-state index in [-0.39, 0.29) is 18.2 Å². The summed E-state index contributed by atoms with van der Waals surface area (Å²) in [6.45, 7) is 10.0. The van der Waals surface area contributed by atoms with Gasteiger partial charge in [0.15, 0.2) is 0 Å². The second-order valence-corrected chi connectivity index (χ2v) is 10.2. The molecule has 8 nitrogen and oxygen atoms in total. The van der Waals surface area contributed by atoms with Crippen LogP contribution in [0.15, 0.2) is 30.6 Å². The van der Waals surface area contributed by atoms with Crippen molar-refractivity contribution in [2.45, 2.75) is 77.0 Å². The average molecular weight is 462 g/mol. The Hall–Kier alpha value is -3.26. The van der Waals surface area contributed by atoms with E-state index in [1.165, 1.54) is 0 Å². The highest BCUT2D eigenvalue weighted by Crippen LogP contribution is 2.38. The standard InChI is InChI=1S/C26H31N5O3/c1-6-26(5,27)19-13-29-23(34-15-7-8-15)18-12-28-21(11-17(18)19)30-20-10-9-16-22(31-20)25(3,4)14(2)33-24(16)32/h9-15H,6-8,27H2,1-5H3,(H,28,30,31)/t14-,26-/m1/s1. The van der Waals surface area contributed by atoms with E-state index < -0.39 is 11.0 Å². The van der Waals surface area contributed by atoms with Gasteiger partial charge in [0.25, 0.3) is 0 Å². The van der Waals surface area contributed by atoms with Gasteiger partial charge in [-0.25, -0.2) is 19.7 Å². The van der Waals surface area contributed by atoms with Gasteiger partial charge in [0.05, 0.1) is 16.6 Å². The molecule has 1 saturated carbocycles. The van der Waals surface area contributed by atoms with Crippen LogP contribution in [0.25, 0.3) is 10.8 Å². The minimum atomic E-state index is -0.549. The van der Waals surface area contributed by atoms with Gasteiger partial charge in [-0.15, -0.1) is 0 Å². The summed E-state index contributed by atoms with van der Waals surface area (Å²) in [5.41, 5.74) is 7.82. The molecule has 0 aromatic carbocycles. The highest BCUT2D eigenvalue weighted by Gasteiger charge is 2.41. The second kappa shape index (κ2) is 7.91. The van der Waals surface area contributed by atoms with Crippen LogP contribution in [0.5, 0.6) is 5.88 Å². The van der Waals surface area contributed by atoms with Crippen molar-refractivity contribution < 1.29 is 14.3 Å². The second-order valence-electron chi connectivity index (χ2n) is 10.2. The molecule has 0 bridgehead atoms. The Morgan fingerprint density at radius 2 is 1.97 bits per heavy atom. The third kappa shape index (κ3) is 3.86. The van der Waals surface area contributed by atoms with Crippen LogP contribution < -0.4 is 15.8 Å². The fourth-order valence-corrected chi connectivity index (χ4v) is 4.14. The number of carbonyl (C=O) groups is 1. The lowest BCUT2D eigenvalue weighted by atomic mass is 9.79. The zero-order valence-corrected chi connectivity index (χ0v) is 20.3. The molecule has 1 fully saturated rings. The molecule has 3 N–H and O–H groups in total. The number of rotatable bonds is 6. The number of hydrogen-bond acceptors (Lipinski definition) is 8. The van der Waals surface area contributed by atoms with Crippen molar-refractivity contribution in [1.82, 2.24) is 15.0 Å². The maximum Gasteiger partial charge on any atom is 0.340 e. The highest BCUT2D eigenvalue weighted by atomic mass is 16.5. The van der Waals surface area contributed by atoms with E-state index in [0.717, 1.165) is 35.6 Å². The lowest BCUT2D eigenvalue weighted by Crippen LogP contribution is -2.42. The first-order valence-corrected chi connectivity index (χ1v) is 11.8. The van der Waals surface area contributed by atoms with Crippen LogP contribution in [0.3, 0.4) is 0 Å². The van der Waals surface area contributed by atoms with E-state index in [2.05, 4.69) is 22.2 Å². The molecular formula is C26H31N5O3. The number of ether oxygens (including phenoxy) is 2. The number of nitrogens with one attached hydrogen (secondary N) is 1. The molecule has 1 aliphatic heterocycles. The van der Waals surface area contributed by atoms with Crippen molar-refractivity contribution in [1.29, 1.82) is 0 Å². The number of anilines is 2. The molecule has 8 heteroatoms. The molecule has 3 aromatic rings. The Balaban J connectivity index is 1.55. The first-order chi connectivity index (χ1) is 16.1. The number of hydrogen-bond donors (Lipinski definition) is 2. The van der Waals surface area contributed by atoms with Crippen LogP contribution in [-0.4, -0.2) is 33.1 Å². The number of nitrogens with two attached hydrogens (primary N) is 1. The van der Waals surface area contributed by atoms with Gasteiger partial charge in [0.1, 0.15) is 23.8 Å². The van der Waals surface area contributed by atoms with Crippen LogP contribution in [0.2, 0.25) is 0 Å². The van der Waals surface area contributed by atoms with Crippen molar-refractivity contribution in [2.75, 3.05) is 5.32 Å². The fourth-order valence-electron chi connectivity index (χ4n) is 4.14. The number of fused-ring (bicyclic) bond motifs is 2. The van der Waals surface area contributed by atoms with Gasteiger partial charge in [-0.1, -0.05) is 20.8 Å². The van der Waals surface area contributed by atoms with E-state index >= 15 is 0 Å². The summed E-state index contributed by atoms with van der Waals surface area (Å²) in [4.78, 5) is 26.3. The van der Waals surface area contributed by atoms with Crippen molar-refractivity contribution in [3.8, 4) is 5.88 Å². The smallest absolute Gasteiger partial charge is 0.340 e. The predicted molar refractivity (Wildman–Crippen MR) is 130 cm³/mol. The van der Waals surface area contributed by atoms with Crippen LogP contribution in [0, 0.1) is 0 Å².